The van der Waals surface area contributed by atoms with Crippen LogP contribution in [0.5, 0.6) is 23.0 Å². The number of carbonyl (C=O) groups excluding carboxylic acids is 2. The number of aliphatic hydroxyl groups excluding tert-OH is 2. The number of phenolic OH excluding ortho intramolecular Hbond substituents is 1. The highest BCUT2D eigenvalue weighted by Crippen LogP contribution is 2.54. The smallest absolute Gasteiger partial charge is 0.308 e. The number of ether oxygens (including phenoxy) is 10. The Hall–Kier alpha value is -5.26. The number of phenols is 1. The van der Waals surface area contributed by atoms with Crippen molar-refractivity contribution in [2.45, 2.75) is 157 Å². The summed E-state index contributed by atoms with van der Waals surface area (Å²) in [5.41, 5.74) is -2.19. The Bertz CT molecular complexity index is 2740. The Labute approximate surface area is 428 Å². The first-order chi connectivity index (χ1) is 34.7. The maximum Gasteiger partial charge on any atom is 0.308 e. The van der Waals surface area contributed by atoms with Gasteiger partial charge in [-0.3, -0.25) is 14.6 Å². The molecular weight excluding hydrogens is 970 g/mol. The molecule has 6 heterocycles. The predicted octanol–water partition coefficient (Wildman–Crippen LogP) is 3.19. The van der Waals surface area contributed by atoms with Crippen LogP contribution in [0.2, 0.25) is 0 Å². The number of nitrogens with one attached hydrogen (secondary N) is 1. The highest BCUT2D eigenvalue weighted by molar-refractivity contribution is 6.67. The van der Waals surface area contributed by atoms with Crippen molar-refractivity contribution in [1.29, 1.82) is 0 Å². The third-order valence-corrected chi connectivity index (χ3v) is 14.4. The monoisotopic (exact) mass is 1030 g/mol. The van der Waals surface area contributed by atoms with Gasteiger partial charge in [0, 0.05) is 35.5 Å². The second-order valence-electron chi connectivity index (χ2n) is 20.0. The van der Waals surface area contributed by atoms with Gasteiger partial charge in [0.1, 0.15) is 48.0 Å². The zero-order chi connectivity index (χ0) is 52.3. The molecule has 10 rings (SSSR count). The van der Waals surface area contributed by atoms with Gasteiger partial charge in [-0.05, 0) is 78.4 Å². The van der Waals surface area contributed by atoms with Crippen LogP contribution in [0.25, 0.3) is 10.8 Å². The van der Waals surface area contributed by atoms with Crippen molar-refractivity contribution in [3.63, 3.8) is 0 Å². The molecule has 6 aliphatic heterocycles. The average molecular weight is 1030 g/mol. The number of aliphatic imine (C=N–C) groups is 1. The minimum Gasteiger partial charge on any atom is -0.507 e. The van der Waals surface area contributed by atoms with Crippen LogP contribution >= 0.6 is 11.6 Å². The number of methoxy groups -OCH3 is 2. The molecule has 73 heavy (non-hydrogen) atoms. The van der Waals surface area contributed by atoms with Gasteiger partial charge in [-0.1, -0.05) is 47.4 Å². The maximum atomic E-state index is 14.4. The summed E-state index contributed by atoms with van der Waals surface area (Å²) in [6, 6.07) is 2.13. The fourth-order valence-electron chi connectivity index (χ4n) is 10.5. The normalized spacial score (nSPS) is 37.5. The van der Waals surface area contributed by atoms with Gasteiger partial charge >= 0.3 is 5.97 Å². The molecule has 1 amide bonds. The van der Waals surface area contributed by atoms with Gasteiger partial charge in [0.15, 0.2) is 35.8 Å². The number of epoxide rings is 1. The molecule has 3 fully saturated rings. The van der Waals surface area contributed by atoms with E-state index in [2.05, 4.69) is 29.0 Å². The number of nitrogens with zero attached hydrogens (tertiary/aromatic N) is 2. The van der Waals surface area contributed by atoms with Crippen LogP contribution in [-0.4, -0.2) is 180 Å². The summed E-state index contributed by atoms with van der Waals surface area (Å²) in [6.07, 6.45) is -3.98. The van der Waals surface area contributed by atoms with E-state index in [1.807, 2.05) is 39.8 Å². The number of aromatic hydroxyl groups is 1. The highest BCUT2D eigenvalue weighted by Gasteiger charge is 2.70. The summed E-state index contributed by atoms with van der Waals surface area (Å²) in [5, 5.41) is 48.3. The molecule has 5 bridgehead atoms. The van der Waals surface area contributed by atoms with E-state index < -0.39 is 116 Å². The molecule has 19 nitrogen and oxygen atoms in total. The predicted molar refractivity (Wildman–Crippen MR) is 263 cm³/mol. The van der Waals surface area contributed by atoms with Crippen molar-refractivity contribution < 1.29 is 77.4 Å². The van der Waals surface area contributed by atoms with Gasteiger partial charge in [0.2, 0.25) is 5.75 Å². The molecule has 20 heteroatoms. The first-order valence-electron chi connectivity index (χ1n) is 24.3. The quantitative estimate of drug-likeness (QED) is 0.0941. The number of aliphatic hydroxyl groups is 3. The molecule has 3 saturated heterocycles. The van der Waals surface area contributed by atoms with E-state index in [0.29, 0.717) is 27.7 Å². The fourth-order valence-corrected chi connectivity index (χ4v) is 10.8. The van der Waals surface area contributed by atoms with Crippen molar-refractivity contribution in [2.75, 3.05) is 34.9 Å². The summed E-state index contributed by atoms with van der Waals surface area (Å²) < 4.78 is 62.1. The first-order valence-corrected chi connectivity index (χ1v) is 24.7. The van der Waals surface area contributed by atoms with Crippen LogP contribution in [0.15, 0.2) is 58.6 Å². The zero-order valence-electron chi connectivity index (χ0n) is 42.0. The molecule has 2 aromatic rings. The fraction of sp³-hybridized carbons (Fsp3) is 0.566. The molecule has 2 aliphatic carbocycles. The van der Waals surface area contributed by atoms with Crippen molar-refractivity contribution in [1.82, 2.24) is 10.2 Å². The average Bonchev–Trinajstić information content (AvgIpc) is 3.95. The third-order valence-electron chi connectivity index (χ3n) is 14.1. The number of hydrogen-bond donors (Lipinski definition) is 5. The Kier molecular flexibility index (Phi) is 15.0. The van der Waals surface area contributed by atoms with Crippen LogP contribution in [0.1, 0.15) is 64.2 Å². The molecule has 5 N–H and O–H groups in total. The lowest BCUT2D eigenvalue weighted by Crippen LogP contribution is -2.57. The molecule has 0 aromatic heterocycles. The van der Waals surface area contributed by atoms with Gasteiger partial charge in [0.25, 0.3) is 5.91 Å². The van der Waals surface area contributed by atoms with Crippen LogP contribution in [0.3, 0.4) is 0 Å². The lowest BCUT2D eigenvalue weighted by atomic mass is 9.88. The first kappa shape index (κ1) is 52.6. The number of dihydropyridines is 1. The number of esters is 1. The second-order valence-corrected chi connectivity index (χ2v) is 20.4. The Balaban J connectivity index is 1.07. The molecule has 0 radical (unpaired) electrons. The molecule has 1 spiro atoms. The number of fused-ring (bicyclic) bond motifs is 6. The molecule has 2 aromatic carbocycles. The number of amides is 1. The topological polar surface area (TPSA) is 238 Å². The van der Waals surface area contributed by atoms with Crippen LogP contribution in [-0.2, 0) is 38.0 Å². The number of carbonyl (C=O) groups is 2. The molecular formula is C53H62ClN3O16. The maximum absolute atomic E-state index is 14.4. The molecule has 0 saturated carbocycles. The van der Waals surface area contributed by atoms with Crippen LogP contribution < -0.4 is 19.5 Å². The summed E-state index contributed by atoms with van der Waals surface area (Å²) in [4.78, 5) is 35.2. The third kappa shape index (κ3) is 10.4. The van der Waals surface area contributed by atoms with Crippen LogP contribution in [0.4, 0.5) is 0 Å². The van der Waals surface area contributed by atoms with Gasteiger partial charge in [-0.25, -0.2) is 0 Å². The molecule has 3 unspecified atom stereocenters. The minimum absolute atomic E-state index is 0.0307. The zero-order valence-corrected chi connectivity index (χ0v) is 42.7. The summed E-state index contributed by atoms with van der Waals surface area (Å²) in [5.74, 6) is 11.7. The van der Waals surface area contributed by atoms with Crippen LogP contribution in [0, 0.1) is 23.7 Å². The van der Waals surface area contributed by atoms with Crippen molar-refractivity contribution >= 4 is 39.4 Å². The molecule has 8 aliphatic rings. The largest absolute Gasteiger partial charge is 0.507 e. The molecule has 392 valence electrons. The minimum atomic E-state index is -1.55. The number of halogens is 1. The summed E-state index contributed by atoms with van der Waals surface area (Å²) in [7, 11) is 6.62. The number of allylic oxidation sites excluding steroid dienone is 1. The Morgan fingerprint density at radius 1 is 1.01 bits per heavy atom. The summed E-state index contributed by atoms with van der Waals surface area (Å²) >= 11 is 6.98. The lowest BCUT2D eigenvalue weighted by Gasteiger charge is -2.43. The van der Waals surface area contributed by atoms with Gasteiger partial charge in [0.05, 0.1) is 74.3 Å². The standard InChI is InChI=1S/C53H62ClN3O16/c1-25(2)67-38-18-29-17-35(58)32(20-31(29)46(64-8)47(38)65-9)51(62)56-34-21-42(60)66-24-40(71-43-22-36(59)45(57(6)7)26(3)68-43)28-11-10-12-41-53(73-41)30(14-13-28)19-39(70-37-16-15-33(34)55-50(37)54)49(53)72-44-23-52(5,63)48(61)27(4)69-44/h11,15-20,25-27,33-34,36-37,39-41,43-45,48-49,58-59,61,63H,21-24H2,1-9H3,(H,56,62)/b28-11+/t26-,27-,33?,34+,36-,37?,39?,40+,41-,43-,44-,45+,48-,49+,52+,53+/m0/s1. The number of likely N-dealkylation sites (N-methyl/N-ethyl adjacent to an activating group) is 1. The van der Waals surface area contributed by atoms with E-state index in [1.54, 1.807) is 37.3 Å². The summed E-state index contributed by atoms with van der Waals surface area (Å²) in [6.45, 7) is 8.30. The molecule has 16 atom stereocenters. The SMILES string of the molecule is COc1c(OC(C)C)cc2cc(O)c(C(=O)N[C@@H]3CC(=O)OC[C@@H](O[C@H]4C[C@H](O)[C@H](N(C)C)[C@H](C)O4)/C4=C/C#C[C@@H]5O[C@]56C(=CC(OC5C=CC3N=C5Cl)[C@H]6O[C@H]3C[C@@](C)(O)[C@@H](O)[C@H](C)O3)C#C4)cc2c1OC. The van der Waals surface area contributed by atoms with E-state index in [4.69, 9.17) is 64.0 Å². The lowest BCUT2D eigenvalue weighted by molar-refractivity contribution is -0.292. The highest BCUT2D eigenvalue weighted by atomic mass is 35.5. The van der Waals surface area contributed by atoms with E-state index in [9.17, 15) is 30.0 Å². The van der Waals surface area contributed by atoms with Crippen molar-refractivity contribution in [3.05, 3.63) is 59.2 Å². The number of hydrogen-bond acceptors (Lipinski definition) is 18. The van der Waals surface area contributed by atoms with E-state index >= 15 is 0 Å². The van der Waals surface area contributed by atoms with E-state index in [0.717, 1.165) is 0 Å². The van der Waals surface area contributed by atoms with Gasteiger partial charge in [-0.2, -0.15) is 0 Å². The van der Waals surface area contributed by atoms with E-state index in [-0.39, 0.29) is 53.0 Å². The second kappa shape index (κ2) is 20.8. The van der Waals surface area contributed by atoms with Gasteiger partial charge in [-0.15, -0.1) is 0 Å². The van der Waals surface area contributed by atoms with E-state index in [1.165, 1.54) is 33.3 Å². The van der Waals surface area contributed by atoms with Crippen molar-refractivity contribution in [3.8, 4) is 46.7 Å². The number of benzene rings is 2. The Morgan fingerprint density at radius 2 is 1.77 bits per heavy atom. The van der Waals surface area contributed by atoms with Crippen molar-refractivity contribution in [2.24, 2.45) is 4.99 Å². The van der Waals surface area contributed by atoms with Gasteiger partial charge < -0.3 is 78.0 Å². The Morgan fingerprint density at radius 3 is 2.45 bits per heavy atom. The number of rotatable bonds is 11.